The first-order valence-corrected chi connectivity index (χ1v) is 6.05. The van der Waals surface area contributed by atoms with Gasteiger partial charge in [-0.2, -0.15) is 0 Å². The Kier molecular flexibility index (Phi) is 5.43. The van der Waals surface area contributed by atoms with E-state index in [1.807, 2.05) is 21.1 Å². The highest BCUT2D eigenvalue weighted by molar-refractivity contribution is 9.40. The van der Waals surface area contributed by atoms with Crippen molar-refractivity contribution in [2.45, 2.75) is 2.14 Å². The molecule has 3 nitrogen and oxygen atoms in total. The average molecular weight is 383 g/mol. The Hall–Kier alpha value is 0.870. The molecule has 0 aliphatic heterocycles. The summed E-state index contributed by atoms with van der Waals surface area (Å²) in [5.41, 5.74) is 0. The molecule has 0 atom stereocenters. The van der Waals surface area contributed by atoms with Crippen LogP contribution in [0.25, 0.3) is 0 Å². The maximum Gasteiger partial charge on any atom is 0.345 e. The van der Waals surface area contributed by atoms with E-state index in [1.165, 1.54) is 0 Å². The van der Waals surface area contributed by atoms with E-state index >= 15 is 0 Å². The molecule has 0 saturated carbocycles. The van der Waals surface area contributed by atoms with Crippen LogP contribution in [-0.4, -0.2) is 46.9 Å². The topological polar surface area (TPSA) is 26.3 Å². The molecule has 0 aliphatic carbocycles. The van der Waals surface area contributed by atoms with Gasteiger partial charge in [-0.3, -0.25) is 0 Å². The number of rotatable bonds is 3. The third-order valence-corrected chi connectivity index (χ3v) is 2.20. The van der Waals surface area contributed by atoms with Gasteiger partial charge in [0.05, 0.1) is 21.1 Å². The summed E-state index contributed by atoms with van der Waals surface area (Å²) in [6.45, 7) is 1.20. The second kappa shape index (κ2) is 5.09. The summed E-state index contributed by atoms with van der Waals surface area (Å²) in [7, 11) is 6.12. The number of halogens is 3. The van der Waals surface area contributed by atoms with Gasteiger partial charge in [-0.15, -0.1) is 0 Å². The summed E-state index contributed by atoms with van der Waals surface area (Å²) < 4.78 is 4.81. The van der Waals surface area contributed by atoms with Gasteiger partial charge in [0.25, 0.3) is 0 Å². The number of ether oxygens (including phenoxy) is 1. The zero-order valence-electron chi connectivity index (χ0n) is 7.81. The molecule has 0 amide bonds. The van der Waals surface area contributed by atoms with Crippen molar-refractivity contribution in [2.75, 3.05) is 34.3 Å². The Bertz CT molecular complexity index is 183. The Labute approximate surface area is 104 Å². The number of hydrogen-bond acceptors (Lipinski definition) is 2. The number of esters is 1. The van der Waals surface area contributed by atoms with Crippen LogP contribution in [0.5, 0.6) is 0 Å². The highest BCUT2D eigenvalue weighted by Crippen LogP contribution is 2.34. The highest BCUT2D eigenvalue weighted by atomic mass is 80.0. The van der Waals surface area contributed by atoms with Crippen LogP contribution in [0.3, 0.4) is 0 Å². The van der Waals surface area contributed by atoms with E-state index in [1.54, 1.807) is 0 Å². The normalized spacial score (nSPS) is 12.8. The van der Waals surface area contributed by atoms with Crippen LogP contribution in [0, 0.1) is 0 Å². The van der Waals surface area contributed by atoms with Gasteiger partial charge in [0.1, 0.15) is 13.2 Å². The summed E-state index contributed by atoms with van der Waals surface area (Å²) in [5, 5.41) is 0. The van der Waals surface area contributed by atoms with E-state index in [-0.39, 0.29) is 5.97 Å². The number of likely N-dealkylation sites (N-methyl/N-ethyl adjacent to an activating group) is 1. The zero-order valence-corrected chi connectivity index (χ0v) is 12.6. The van der Waals surface area contributed by atoms with Gasteiger partial charge in [0.15, 0.2) is 0 Å². The summed E-state index contributed by atoms with van der Waals surface area (Å²) in [6, 6.07) is 0. The molecule has 0 radical (unpaired) electrons. The lowest BCUT2D eigenvalue weighted by Gasteiger charge is -2.23. The largest absolute Gasteiger partial charge is 0.457 e. The predicted molar refractivity (Wildman–Crippen MR) is 63.4 cm³/mol. The molecule has 78 valence electrons. The second-order valence-electron chi connectivity index (χ2n) is 3.65. The van der Waals surface area contributed by atoms with Crippen molar-refractivity contribution in [2.24, 2.45) is 0 Å². The molecule has 0 aromatic heterocycles. The molecule has 0 aliphatic rings. The van der Waals surface area contributed by atoms with E-state index in [9.17, 15) is 4.79 Å². The molecular weight excluding hydrogens is 370 g/mol. The third-order valence-electron chi connectivity index (χ3n) is 1.23. The Morgan fingerprint density at radius 2 is 1.77 bits per heavy atom. The first-order valence-electron chi connectivity index (χ1n) is 3.67. The number of carbonyl (C=O) groups is 1. The van der Waals surface area contributed by atoms with Gasteiger partial charge in [0.2, 0.25) is 2.14 Å². The minimum Gasteiger partial charge on any atom is -0.457 e. The lowest BCUT2D eigenvalue weighted by atomic mass is 10.5. The standard InChI is InChI=1S/C7H13Br3NO2/c1-11(2,3)4-5-13-6(12)7(8,9)10/h4-5H2,1-3H3/q+1. The summed E-state index contributed by atoms with van der Waals surface area (Å²) in [4.78, 5) is 11.2. The van der Waals surface area contributed by atoms with Crippen LogP contribution < -0.4 is 0 Å². The summed E-state index contributed by atoms with van der Waals surface area (Å²) >= 11 is 9.23. The molecule has 0 fully saturated rings. The summed E-state index contributed by atoms with van der Waals surface area (Å²) in [6.07, 6.45) is 0. The fourth-order valence-electron chi connectivity index (χ4n) is 0.494. The maximum atomic E-state index is 11.2. The van der Waals surface area contributed by atoms with Gasteiger partial charge in [-0.25, -0.2) is 4.79 Å². The average Bonchev–Trinajstić information content (AvgIpc) is 1.82. The van der Waals surface area contributed by atoms with Crippen LogP contribution in [0.1, 0.15) is 0 Å². The van der Waals surface area contributed by atoms with Crippen LogP contribution in [0.4, 0.5) is 0 Å². The van der Waals surface area contributed by atoms with Crippen LogP contribution in [0.2, 0.25) is 0 Å². The Morgan fingerprint density at radius 3 is 2.08 bits per heavy atom. The van der Waals surface area contributed by atoms with Gasteiger partial charge in [-0.1, -0.05) is 0 Å². The smallest absolute Gasteiger partial charge is 0.345 e. The predicted octanol–water partition coefficient (Wildman–Crippen LogP) is 2.07. The van der Waals surface area contributed by atoms with E-state index in [2.05, 4.69) is 47.8 Å². The molecule has 0 spiro atoms. The van der Waals surface area contributed by atoms with Gasteiger partial charge >= 0.3 is 5.97 Å². The van der Waals surface area contributed by atoms with Crippen molar-refractivity contribution in [1.29, 1.82) is 0 Å². The van der Waals surface area contributed by atoms with E-state index in [0.29, 0.717) is 6.61 Å². The van der Waals surface area contributed by atoms with Crippen molar-refractivity contribution in [3.8, 4) is 0 Å². The number of quaternary nitrogens is 1. The lowest BCUT2D eigenvalue weighted by molar-refractivity contribution is -0.870. The minimum atomic E-state index is -0.947. The molecule has 0 rings (SSSR count). The molecule has 0 aromatic carbocycles. The second-order valence-corrected chi connectivity index (χ2v) is 10.4. The molecule has 6 heteroatoms. The first-order chi connectivity index (χ1) is 5.63. The monoisotopic (exact) mass is 380 g/mol. The van der Waals surface area contributed by atoms with Gasteiger partial charge in [0, 0.05) is 0 Å². The molecular formula is C7H13Br3NO2+. The first kappa shape index (κ1) is 13.9. The van der Waals surface area contributed by atoms with E-state index < -0.39 is 2.14 Å². The molecule has 0 unspecified atom stereocenters. The Morgan fingerprint density at radius 1 is 1.31 bits per heavy atom. The zero-order chi connectivity index (χ0) is 10.7. The lowest BCUT2D eigenvalue weighted by Crippen LogP contribution is -2.38. The van der Waals surface area contributed by atoms with Crippen LogP contribution in [-0.2, 0) is 9.53 Å². The fraction of sp³-hybridized carbons (Fsp3) is 0.857. The van der Waals surface area contributed by atoms with Crippen molar-refractivity contribution in [3.05, 3.63) is 0 Å². The van der Waals surface area contributed by atoms with E-state index in [0.717, 1.165) is 11.0 Å². The molecule has 0 N–H and O–H groups in total. The summed E-state index contributed by atoms with van der Waals surface area (Å²) in [5.74, 6) is -0.374. The molecule has 0 heterocycles. The molecule has 0 bridgehead atoms. The van der Waals surface area contributed by atoms with Crippen molar-refractivity contribution >= 4 is 53.8 Å². The SMILES string of the molecule is C[N+](C)(C)CCOC(=O)C(Br)(Br)Br. The van der Waals surface area contributed by atoms with Crippen molar-refractivity contribution in [3.63, 3.8) is 0 Å². The number of hydrogen-bond donors (Lipinski definition) is 0. The van der Waals surface area contributed by atoms with E-state index in [4.69, 9.17) is 4.74 Å². The number of nitrogens with zero attached hydrogens (tertiary/aromatic N) is 1. The van der Waals surface area contributed by atoms with Gasteiger partial charge < -0.3 is 9.22 Å². The van der Waals surface area contributed by atoms with Crippen molar-refractivity contribution < 1.29 is 14.0 Å². The van der Waals surface area contributed by atoms with Crippen molar-refractivity contribution in [1.82, 2.24) is 0 Å². The van der Waals surface area contributed by atoms with Crippen LogP contribution in [0.15, 0.2) is 0 Å². The number of alkyl halides is 3. The third kappa shape index (κ3) is 7.90. The Balaban J connectivity index is 3.74. The highest BCUT2D eigenvalue weighted by Gasteiger charge is 2.30. The molecule has 0 saturated heterocycles. The number of carbonyl (C=O) groups excluding carboxylic acids is 1. The van der Waals surface area contributed by atoms with Crippen LogP contribution >= 0.6 is 47.8 Å². The fourth-order valence-corrected chi connectivity index (χ4v) is 0.837. The minimum absolute atomic E-state index is 0.374. The molecule has 0 aromatic rings. The maximum absolute atomic E-state index is 11.2. The molecule has 13 heavy (non-hydrogen) atoms. The quantitative estimate of drug-likeness (QED) is 0.424. The van der Waals surface area contributed by atoms with Gasteiger partial charge in [-0.05, 0) is 47.8 Å².